The number of fused-ring (bicyclic) bond motifs is 3. The first kappa shape index (κ1) is 9.98. The van der Waals surface area contributed by atoms with Crippen molar-refractivity contribution in [1.82, 2.24) is 9.38 Å². The SMILES string of the molecule is NC(=O)c1cn2c(nc1=O)sc1ccccc12. The largest absolute Gasteiger partial charge is 0.365 e. The molecule has 2 heterocycles. The molecule has 6 heteroatoms. The van der Waals surface area contributed by atoms with Gasteiger partial charge in [0.15, 0.2) is 4.96 Å². The smallest absolute Gasteiger partial charge is 0.286 e. The first-order valence-electron chi connectivity index (χ1n) is 4.87. The van der Waals surface area contributed by atoms with Crippen molar-refractivity contribution in [2.45, 2.75) is 0 Å². The van der Waals surface area contributed by atoms with E-state index in [2.05, 4.69) is 4.98 Å². The zero-order chi connectivity index (χ0) is 12.0. The predicted molar refractivity (Wildman–Crippen MR) is 65.4 cm³/mol. The van der Waals surface area contributed by atoms with Gasteiger partial charge in [-0.05, 0) is 12.1 Å². The fraction of sp³-hybridized carbons (Fsp3) is 0. The minimum absolute atomic E-state index is 0.0916. The maximum absolute atomic E-state index is 11.5. The van der Waals surface area contributed by atoms with Gasteiger partial charge in [0, 0.05) is 6.20 Å². The van der Waals surface area contributed by atoms with Crippen LogP contribution in [0.3, 0.4) is 0 Å². The van der Waals surface area contributed by atoms with Crippen LogP contribution in [0.1, 0.15) is 10.4 Å². The minimum atomic E-state index is -0.757. The number of benzene rings is 1. The summed E-state index contributed by atoms with van der Waals surface area (Å²) in [7, 11) is 0. The molecule has 0 atom stereocenters. The van der Waals surface area contributed by atoms with E-state index in [1.807, 2.05) is 24.3 Å². The van der Waals surface area contributed by atoms with E-state index >= 15 is 0 Å². The monoisotopic (exact) mass is 245 g/mol. The molecule has 0 radical (unpaired) electrons. The maximum atomic E-state index is 11.5. The first-order chi connectivity index (χ1) is 8.16. The van der Waals surface area contributed by atoms with Crippen molar-refractivity contribution in [3.05, 3.63) is 46.4 Å². The summed E-state index contributed by atoms with van der Waals surface area (Å²) in [5.74, 6) is -0.757. The number of hydrogen-bond acceptors (Lipinski definition) is 4. The number of carbonyl (C=O) groups is 1. The van der Waals surface area contributed by atoms with Crippen LogP contribution in [0.25, 0.3) is 15.2 Å². The van der Waals surface area contributed by atoms with Crippen LogP contribution in [-0.2, 0) is 0 Å². The molecule has 0 aliphatic heterocycles. The molecule has 0 aliphatic rings. The molecule has 84 valence electrons. The summed E-state index contributed by atoms with van der Waals surface area (Å²) in [5, 5.41) is 0. The van der Waals surface area contributed by atoms with Gasteiger partial charge in [-0.2, -0.15) is 4.98 Å². The molecule has 2 aromatic heterocycles. The molecule has 0 aliphatic carbocycles. The standard InChI is InChI=1S/C11H7N3O2S/c12-9(15)6-5-14-7-3-1-2-4-8(7)17-11(14)13-10(6)16/h1-5H,(H2,12,15). The van der Waals surface area contributed by atoms with E-state index in [0.717, 1.165) is 10.2 Å². The molecular formula is C11H7N3O2S. The summed E-state index contributed by atoms with van der Waals surface area (Å²) >= 11 is 1.40. The lowest BCUT2D eigenvalue weighted by Gasteiger charge is -1.97. The number of nitrogens with two attached hydrogens (primary N) is 1. The Morgan fingerprint density at radius 1 is 1.35 bits per heavy atom. The number of amides is 1. The van der Waals surface area contributed by atoms with E-state index in [4.69, 9.17) is 5.73 Å². The van der Waals surface area contributed by atoms with E-state index < -0.39 is 11.5 Å². The lowest BCUT2D eigenvalue weighted by molar-refractivity contribution is 0.0998. The number of nitrogens with zero attached hydrogens (tertiary/aromatic N) is 2. The number of hydrogen-bond donors (Lipinski definition) is 1. The van der Waals surface area contributed by atoms with Crippen molar-refractivity contribution in [3.8, 4) is 0 Å². The lowest BCUT2D eigenvalue weighted by Crippen LogP contribution is -2.24. The molecular weight excluding hydrogens is 238 g/mol. The van der Waals surface area contributed by atoms with Crippen molar-refractivity contribution in [3.63, 3.8) is 0 Å². The maximum Gasteiger partial charge on any atom is 0.286 e. The highest BCUT2D eigenvalue weighted by Crippen LogP contribution is 2.23. The van der Waals surface area contributed by atoms with Gasteiger partial charge in [0.25, 0.3) is 11.5 Å². The molecule has 3 aromatic rings. The van der Waals surface area contributed by atoms with E-state index in [1.165, 1.54) is 17.5 Å². The highest BCUT2D eigenvalue weighted by Gasteiger charge is 2.11. The average Bonchev–Trinajstić information content (AvgIpc) is 2.64. The molecule has 17 heavy (non-hydrogen) atoms. The van der Waals surface area contributed by atoms with Crippen molar-refractivity contribution < 1.29 is 4.79 Å². The second-order valence-electron chi connectivity index (χ2n) is 3.55. The molecule has 0 saturated heterocycles. The van der Waals surface area contributed by atoms with E-state index in [-0.39, 0.29) is 5.56 Å². The first-order valence-corrected chi connectivity index (χ1v) is 5.69. The molecule has 0 saturated carbocycles. The molecule has 2 N–H and O–H groups in total. The third-order valence-corrected chi connectivity index (χ3v) is 3.52. The Balaban J connectivity index is 2.52. The Bertz CT molecular complexity index is 803. The molecule has 0 bridgehead atoms. The number of carbonyl (C=O) groups excluding carboxylic acids is 1. The van der Waals surface area contributed by atoms with Crippen molar-refractivity contribution >= 4 is 32.4 Å². The highest BCUT2D eigenvalue weighted by atomic mass is 32.1. The Morgan fingerprint density at radius 2 is 2.12 bits per heavy atom. The van der Waals surface area contributed by atoms with Gasteiger partial charge in [0.05, 0.1) is 10.2 Å². The molecule has 5 nitrogen and oxygen atoms in total. The van der Waals surface area contributed by atoms with Crippen LogP contribution in [0.2, 0.25) is 0 Å². The zero-order valence-corrected chi connectivity index (χ0v) is 9.40. The van der Waals surface area contributed by atoms with Crippen molar-refractivity contribution in [2.24, 2.45) is 5.73 Å². The fourth-order valence-corrected chi connectivity index (χ4v) is 2.69. The molecule has 0 unspecified atom stereocenters. The van der Waals surface area contributed by atoms with E-state index in [9.17, 15) is 9.59 Å². The van der Waals surface area contributed by atoms with Crippen LogP contribution in [0.5, 0.6) is 0 Å². The summed E-state index contributed by atoms with van der Waals surface area (Å²) in [6.07, 6.45) is 1.45. The number of primary amides is 1. The van der Waals surface area contributed by atoms with Crippen LogP contribution < -0.4 is 11.3 Å². The molecule has 0 spiro atoms. The third-order valence-electron chi connectivity index (χ3n) is 2.48. The van der Waals surface area contributed by atoms with Crippen LogP contribution in [0, 0.1) is 0 Å². The topological polar surface area (TPSA) is 77.5 Å². The van der Waals surface area contributed by atoms with Gasteiger partial charge < -0.3 is 5.73 Å². The van der Waals surface area contributed by atoms with Crippen LogP contribution in [0.15, 0.2) is 35.3 Å². The van der Waals surface area contributed by atoms with Gasteiger partial charge in [-0.15, -0.1) is 0 Å². The number of thiazole rings is 1. The second-order valence-corrected chi connectivity index (χ2v) is 4.56. The minimum Gasteiger partial charge on any atom is -0.365 e. The van der Waals surface area contributed by atoms with E-state index in [1.54, 1.807) is 4.40 Å². The Kier molecular flexibility index (Phi) is 1.99. The summed E-state index contributed by atoms with van der Waals surface area (Å²) in [6, 6.07) is 7.63. The van der Waals surface area contributed by atoms with Crippen LogP contribution in [0.4, 0.5) is 0 Å². The Labute approximate surface area is 99.1 Å². The second kappa shape index (κ2) is 3.39. The number of rotatable bonds is 1. The molecule has 1 amide bonds. The van der Waals surface area contributed by atoms with Crippen LogP contribution >= 0.6 is 11.3 Å². The average molecular weight is 245 g/mol. The van der Waals surface area contributed by atoms with Gasteiger partial charge in [-0.25, -0.2) is 0 Å². The summed E-state index contributed by atoms with van der Waals surface area (Å²) < 4.78 is 2.71. The molecule has 0 fully saturated rings. The highest BCUT2D eigenvalue weighted by molar-refractivity contribution is 7.23. The lowest BCUT2D eigenvalue weighted by atomic mass is 10.3. The summed E-state index contributed by atoms with van der Waals surface area (Å²) in [4.78, 5) is 27.0. The number of para-hydroxylation sites is 1. The van der Waals surface area contributed by atoms with Crippen molar-refractivity contribution in [1.29, 1.82) is 0 Å². The zero-order valence-electron chi connectivity index (χ0n) is 8.58. The Morgan fingerprint density at radius 3 is 2.88 bits per heavy atom. The normalized spacial score (nSPS) is 11.1. The van der Waals surface area contributed by atoms with Gasteiger partial charge >= 0.3 is 0 Å². The van der Waals surface area contributed by atoms with Gasteiger partial charge in [-0.1, -0.05) is 23.5 Å². The van der Waals surface area contributed by atoms with Crippen molar-refractivity contribution in [2.75, 3.05) is 0 Å². The summed E-state index contributed by atoms with van der Waals surface area (Å²) in [6.45, 7) is 0. The molecule has 3 rings (SSSR count). The number of aromatic nitrogens is 2. The fourth-order valence-electron chi connectivity index (χ4n) is 1.69. The Hall–Kier alpha value is -2.21. The van der Waals surface area contributed by atoms with E-state index in [0.29, 0.717) is 4.96 Å². The van der Waals surface area contributed by atoms with Gasteiger partial charge in [0.1, 0.15) is 5.56 Å². The van der Waals surface area contributed by atoms with Gasteiger partial charge in [0.2, 0.25) is 0 Å². The predicted octanol–water partition coefficient (Wildman–Crippen LogP) is 1.01. The van der Waals surface area contributed by atoms with Gasteiger partial charge in [-0.3, -0.25) is 14.0 Å². The van der Waals surface area contributed by atoms with Crippen LogP contribution in [-0.4, -0.2) is 15.3 Å². The molecule has 1 aromatic carbocycles. The summed E-state index contributed by atoms with van der Waals surface area (Å²) in [5.41, 5.74) is 5.36. The quantitative estimate of drug-likeness (QED) is 0.695. The third kappa shape index (κ3) is 1.42.